The number of esters is 2. The first-order valence-electron chi connectivity index (χ1n) is 7.01. The fourth-order valence-corrected chi connectivity index (χ4v) is 1.79. The molecule has 1 aromatic rings. The lowest BCUT2D eigenvalue weighted by molar-refractivity contribution is 0.0524. The molecule has 0 spiro atoms. The van der Waals surface area contributed by atoms with Crippen LogP contribution in [-0.2, 0) is 20.8 Å². The lowest BCUT2D eigenvalue weighted by Gasteiger charge is -2.19. The highest BCUT2D eigenvalue weighted by atomic mass is 16.6. The summed E-state index contributed by atoms with van der Waals surface area (Å²) in [5, 5.41) is 2.57. The van der Waals surface area contributed by atoms with E-state index < -0.39 is 23.6 Å². The Balaban J connectivity index is 2.75. The second-order valence-corrected chi connectivity index (χ2v) is 5.72. The van der Waals surface area contributed by atoms with Gasteiger partial charge in [0.1, 0.15) is 11.3 Å². The molecule has 0 aliphatic rings. The van der Waals surface area contributed by atoms with Crippen molar-refractivity contribution in [2.45, 2.75) is 32.9 Å². The maximum Gasteiger partial charge on any atom is 0.407 e. The van der Waals surface area contributed by atoms with Crippen LogP contribution in [0.15, 0.2) is 12.3 Å². The average molecular weight is 326 g/mol. The molecule has 1 aromatic heterocycles. The molecule has 1 N–H and O–H groups in total. The molecule has 1 amide bonds. The molecule has 128 valence electrons. The largest absolute Gasteiger partial charge is 0.465 e. The van der Waals surface area contributed by atoms with E-state index >= 15 is 0 Å². The Bertz CT molecular complexity index is 585. The summed E-state index contributed by atoms with van der Waals surface area (Å²) >= 11 is 0. The zero-order valence-corrected chi connectivity index (χ0v) is 14.0. The van der Waals surface area contributed by atoms with Crippen LogP contribution in [0.25, 0.3) is 0 Å². The highest BCUT2D eigenvalue weighted by molar-refractivity contribution is 5.94. The van der Waals surface area contributed by atoms with Gasteiger partial charge < -0.3 is 24.1 Å². The highest BCUT2D eigenvalue weighted by Crippen LogP contribution is 2.11. The van der Waals surface area contributed by atoms with Gasteiger partial charge in [-0.2, -0.15) is 0 Å². The molecule has 0 unspecified atom stereocenters. The predicted molar refractivity (Wildman–Crippen MR) is 81.3 cm³/mol. The Hall–Kier alpha value is -2.51. The van der Waals surface area contributed by atoms with Gasteiger partial charge in [0.25, 0.3) is 0 Å². The number of rotatable bonds is 5. The molecule has 0 saturated carbocycles. The van der Waals surface area contributed by atoms with Crippen molar-refractivity contribution in [3.8, 4) is 0 Å². The van der Waals surface area contributed by atoms with Gasteiger partial charge in [-0.1, -0.05) is 0 Å². The summed E-state index contributed by atoms with van der Waals surface area (Å²) in [7, 11) is 2.50. The van der Waals surface area contributed by atoms with E-state index in [1.165, 1.54) is 31.0 Å². The summed E-state index contributed by atoms with van der Waals surface area (Å²) in [6, 6.07) is 1.38. The van der Waals surface area contributed by atoms with E-state index in [9.17, 15) is 14.4 Å². The van der Waals surface area contributed by atoms with Crippen molar-refractivity contribution in [1.82, 2.24) is 9.88 Å². The molecular formula is C15H22N2O6. The average Bonchev–Trinajstić information content (AvgIpc) is 2.87. The molecule has 0 radical (unpaired) electrons. The van der Waals surface area contributed by atoms with Crippen LogP contribution in [0, 0.1) is 0 Å². The van der Waals surface area contributed by atoms with Crippen molar-refractivity contribution >= 4 is 18.0 Å². The number of methoxy groups -OCH3 is 2. The molecule has 0 bridgehead atoms. The number of aromatic nitrogens is 1. The molecule has 8 heteroatoms. The minimum atomic E-state index is -0.591. The van der Waals surface area contributed by atoms with Crippen molar-refractivity contribution in [3.05, 3.63) is 23.5 Å². The third-order valence-electron chi connectivity index (χ3n) is 2.73. The molecule has 0 aromatic carbocycles. The van der Waals surface area contributed by atoms with Crippen LogP contribution in [0.3, 0.4) is 0 Å². The van der Waals surface area contributed by atoms with E-state index in [0.717, 1.165) is 0 Å². The zero-order valence-electron chi connectivity index (χ0n) is 14.0. The fraction of sp³-hybridized carbons (Fsp3) is 0.533. The van der Waals surface area contributed by atoms with Crippen molar-refractivity contribution in [1.29, 1.82) is 0 Å². The molecule has 0 atom stereocenters. The van der Waals surface area contributed by atoms with Crippen molar-refractivity contribution in [2.24, 2.45) is 0 Å². The number of alkyl carbamates (subject to hydrolysis) is 1. The fourth-order valence-electron chi connectivity index (χ4n) is 1.79. The number of amides is 1. The minimum absolute atomic E-state index is 0.193. The molecule has 0 fully saturated rings. The molecule has 1 rings (SSSR count). The third-order valence-corrected chi connectivity index (χ3v) is 2.73. The van der Waals surface area contributed by atoms with Gasteiger partial charge in [-0.05, 0) is 26.8 Å². The first kappa shape index (κ1) is 18.5. The SMILES string of the molecule is COC(=O)c1cc(C(=O)OC)n(CCNC(=O)OC(C)(C)C)c1. The first-order chi connectivity index (χ1) is 10.7. The van der Waals surface area contributed by atoms with E-state index in [0.29, 0.717) is 0 Å². The minimum Gasteiger partial charge on any atom is -0.465 e. The Morgan fingerprint density at radius 1 is 1.13 bits per heavy atom. The molecule has 0 aliphatic heterocycles. The number of carbonyl (C=O) groups is 3. The predicted octanol–water partition coefficient (Wildman–Crippen LogP) is 1.59. The number of carbonyl (C=O) groups excluding carboxylic acids is 3. The molecular weight excluding hydrogens is 304 g/mol. The molecule has 1 heterocycles. The van der Waals surface area contributed by atoms with Crippen LogP contribution in [0.2, 0.25) is 0 Å². The third kappa shape index (κ3) is 5.65. The van der Waals surface area contributed by atoms with E-state index in [4.69, 9.17) is 4.74 Å². The van der Waals surface area contributed by atoms with Gasteiger partial charge in [0, 0.05) is 19.3 Å². The topological polar surface area (TPSA) is 95.9 Å². The van der Waals surface area contributed by atoms with E-state index in [-0.39, 0.29) is 24.3 Å². The lowest BCUT2D eigenvalue weighted by Crippen LogP contribution is -2.34. The second-order valence-electron chi connectivity index (χ2n) is 5.72. The van der Waals surface area contributed by atoms with Crippen molar-refractivity contribution in [3.63, 3.8) is 0 Å². The maximum absolute atomic E-state index is 11.7. The van der Waals surface area contributed by atoms with Crippen LogP contribution >= 0.6 is 0 Å². The number of hydrogen-bond acceptors (Lipinski definition) is 6. The normalized spacial score (nSPS) is 10.8. The maximum atomic E-state index is 11.7. The van der Waals surface area contributed by atoms with Gasteiger partial charge in [0.2, 0.25) is 0 Å². The van der Waals surface area contributed by atoms with Crippen LogP contribution < -0.4 is 5.32 Å². The van der Waals surface area contributed by atoms with Gasteiger partial charge in [-0.3, -0.25) is 0 Å². The first-order valence-corrected chi connectivity index (χ1v) is 7.01. The summed E-state index contributed by atoms with van der Waals surface area (Å²) in [5.74, 6) is -1.15. The van der Waals surface area contributed by atoms with E-state index in [1.54, 1.807) is 20.8 Å². The van der Waals surface area contributed by atoms with Gasteiger partial charge in [0.05, 0.1) is 19.8 Å². The summed E-state index contributed by atoms with van der Waals surface area (Å²) < 4.78 is 15.9. The lowest BCUT2D eigenvalue weighted by atomic mass is 10.2. The summed E-state index contributed by atoms with van der Waals surface area (Å²) in [6.07, 6.45) is 0.909. The Morgan fingerprint density at radius 2 is 1.74 bits per heavy atom. The standard InChI is InChI=1S/C15H22N2O6/c1-15(2,3)23-14(20)16-6-7-17-9-10(12(18)21-4)8-11(17)13(19)22-5/h8-9H,6-7H2,1-5H3,(H,16,20). The zero-order chi connectivity index (χ0) is 17.6. The van der Waals surface area contributed by atoms with Gasteiger partial charge in [-0.15, -0.1) is 0 Å². The number of nitrogens with one attached hydrogen (secondary N) is 1. The number of nitrogens with zero attached hydrogens (tertiary/aromatic N) is 1. The number of hydrogen-bond donors (Lipinski definition) is 1. The monoisotopic (exact) mass is 326 g/mol. The van der Waals surface area contributed by atoms with Gasteiger partial charge in [-0.25, -0.2) is 14.4 Å². The summed E-state index contributed by atoms with van der Waals surface area (Å²) in [5.41, 5.74) is -0.170. The van der Waals surface area contributed by atoms with Gasteiger partial charge in [0.15, 0.2) is 0 Å². The Kier molecular flexibility index (Phi) is 6.18. The van der Waals surface area contributed by atoms with Crippen LogP contribution in [0.1, 0.15) is 41.6 Å². The van der Waals surface area contributed by atoms with Crippen molar-refractivity contribution in [2.75, 3.05) is 20.8 Å². The highest BCUT2D eigenvalue weighted by Gasteiger charge is 2.19. The smallest absolute Gasteiger partial charge is 0.407 e. The second kappa shape index (κ2) is 7.66. The van der Waals surface area contributed by atoms with Gasteiger partial charge >= 0.3 is 18.0 Å². The Morgan fingerprint density at radius 3 is 2.26 bits per heavy atom. The van der Waals surface area contributed by atoms with Crippen LogP contribution in [-0.4, -0.2) is 49.0 Å². The quantitative estimate of drug-likeness (QED) is 0.652. The number of ether oxygens (including phenoxy) is 3. The summed E-state index contributed by atoms with van der Waals surface area (Å²) in [6.45, 7) is 5.76. The molecule has 23 heavy (non-hydrogen) atoms. The van der Waals surface area contributed by atoms with Crippen molar-refractivity contribution < 1.29 is 28.6 Å². The van der Waals surface area contributed by atoms with E-state index in [1.807, 2.05) is 0 Å². The molecule has 0 aliphatic carbocycles. The Labute approximate surface area is 134 Å². The molecule has 8 nitrogen and oxygen atoms in total. The van der Waals surface area contributed by atoms with Crippen LogP contribution in [0.4, 0.5) is 4.79 Å². The van der Waals surface area contributed by atoms with E-state index in [2.05, 4.69) is 14.8 Å². The molecule has 0 saturated heterocycles. The summed E-state index contributed by atoms with van der Waals surface area (Å²) in [4.78, 5) is 34.9. The van der Waals surface area contributed by atoms with Crippen LogP contribution in [0.5, 0.6) is 0 Å².